The van der Waals surface area contributed by atoms with Gasteiger partial charge in [-0.1, -0.05) is 24.3 Å². The van der Waals surface area contributed by atoms with Crippen LogP contribution < -0.4 is 5.32 Å². The Kier molecular flexibility index (Phi) is 7.24. The van der Waals surface area contributed by atoms with Crippen LogP contribution in [0.3, 0.4) is 0 Å². The van der Waals surface area contributed by atoms with Gasteiger partial charge < -0.3 is 10.1 Å². The fourth-order valence-corrected chi connectivity index (χ4v) is 4.38. The van der Waals surface area contributed by atoms with Gasteiger partial charge in [0.2, 0.25) is 0 Å². The van der Waals surface area contributed by atoms with Crippen molar-refractivity contribution in [2.24, 2.45) is 0 Å². The first-order valence-corrected chi connectivity index (χ1v) is 11.0. The summed E-state index contributed by atoms with van der Waals surface area (Å²) < 4.78 is 5.96. The van der Waals surface area contributed by atoms with Crippen molar-refractivity contribution in [1.82, 2.24) is 4.98 Å². The molecule has 1 aromatic heterocycles. The Hall–Kier alpha value is -2.16. The topological polar surface area (TPSA) is 68.3 Å². The van der Waals surface area contributed by atoms with E-state index in [1.54, 1.807) is 29.5 Å². The highest BCUT2D eigenvalue weighted by Crippen LogP contribution is 2.27. The smallest absolute Gasteiger partial charge is 0.339 e. The molecule has 3 rings (SSSR count). The summed E-state index contributed by atoms with van der Waals surface area (Å²) in [6.45, 7) is 1.60. The molecule has 0 atom stereocenters. The number of anilines is 1. The van der Waals surface area contributed by atoms with Crippen LogP contribution >= 0.6 is 39.0 Å². The van der Waals surface area contributed by atoms with Crippen molar-refractivity contribution < 1.29 is 14.3 Å². The second-order valence-electron chi connectivity index (χ2n) is 5.75. The number of benzene rings is 2. The van der Waals surface area contributed by atoms with E-state index in [1.807, 2.05) is 42.6 Å². The van der Waals surface area contributed by atoms with Gasteiger partial charge in [-0.05, 0) is 47.1 Å². The number of halogens is 1. The molecule has 0 fully saturated rings. The van der Waals surface area contributed by atoms with E-state index in [-0.39, 0.29) is 6.61 Å². The molecule has 5 nitrogen and oxygen atoms in total. The summed E-state index contributed by atoms with van der Waals surface area (Å²) in [4.78, 5) is 29.8. The fraction of sp³-hybridized carbons (Fsp3) is 0.150. The highest BCUT2D eigenvalue weighted by atomic mass is 79.9. The summed E-state index contributed by atoms with van der Waals surface area (Å²) in [6.07, 6.45) is 0. The number of esters is 1. The van der Waals surface area contributed by atoms with Crippen molar-refractivity contribution in [3.05, 3.63) is 74.6 Å². The Bertz CT molecular complexity index is 991. The summed E-state index contributed by atoms with van der Waals surface area (Å²) in [5, 5.41) is 5.73. The largest absolute Gasteiger partial charge is 0.452 e. The number of carbonyl (C=O) groups is 2. The normalized spacial score (nSPS) is 10.5. The Balaban J connectivity index is 1.58. The highest BCUT2D eigenvalue weighted by molar-refractivity contribution is 9.10. The van der Waals surface area contributed by atoms with Gasteiger partial charge in [0, 0.05) is 20.5 Å². The van der Waals surface area contributed by atoms with Crippen molar-refractivity contribution in [3.63, 3.8) is 0 Å². The molecule has 0 saturated heterocycles. The van der Waals surface area contributed by atoms with E-state index in [0.717, 1.165) is 20.1 Å². The third kappa shape index (κ3) is 5.67. The van der Waals surface area contributed by atoms with Crippen LogP contribution in [0, 0.1) is 6.92 Å². The monoisotopic (exact) mass is 476 g/mol. The maximum atomic E-state index is 12.5. The van der Waals surface area contributed by atoms with Gasteiger partial charge >= 0.3 is 5.97 Å². The summed E-state index contributed by atoms with van der Waals surface area (Å²) in [6, 6.07) is 14.4. The van der Waals surface area contributed by atoms with Crippen molar-refractivity contribution in [2.75, 3.05) is 11.9 Å². The maximum Gasteiger partial charge on any atom is 0.339 e. The number of carbonyl (C=O) groups excluding carboxylic acids is 2. The summed E-state index contributed by atoms with van der Waals surface area (Å²) in [5.74, 6) is -0.264. The van der Waals surface area contributed by atoms with E-state index in [4.69, 9.17) is 4.74 Å². The fourth-order valence-electron chi connectivity index (χ4n) is 2.35. The van der Waals surface area contributed by atoms with E-state index in [1.165, 1.54) is 11.8 Å². The highest BCUT2D eigenvalue weighted by Gasteiger charge is 2.15. The predicted octanol–water partition coefficient (Wildman–Crippen LogP) is 5.30. The van der Waals surface area contributed by atoms with Gasteiger partial charge in [0.25, 0.3) is 5.91 Å². The number of nitrogens with zero attached hydrogens (tertiary/aromatic N) is 1. The van der Waals surface area contributed by atoms with Crippen LogP contribution in [-0.4, -0.2) is 23.5 Å². The van der Waals surface area contributed by atoms with Gasteiger partial charge in [0.05, 0.1) is 22.0 Å². The van der Waals surface area contributed by atoms with Gasteiger partial charge in [0.1, 0.15) is 0 Å². The number of aryl methyl sites for hydroxylation is 1. The van der Waals surface area contributed by atoms with Crippen LogP contribution in [0.2, 0.25) is 0 Å². The summed E-state index contributed by atoms with van der Waals surface area (Å²) in [5.41, 5.74) is 2.04. The van der Waals surface area contributed by atoms with Crippen LogP contribution in [0.1, 0.15) is 21.1 Å². The molecule has 3 aromatic rings. The molecule has 0 spiro atoms. The second-order valence-corrected chi connectivity index (χ2v) is 8.68. The summed E-state index contributed by atoms with van der Waals surface area (Å²) >= 11 is 6.48. The zero-order valence-electron chi connectivity index (χ0n) is 15.0. The van der Waals surface area contributed by atoms with Crippen molar-refractivity contribution in [3.8, 4) is 0 Å². The number of thiazole rings is 1. The van der Waals surface area contributed by atoms with Crippen molar-refractivity contribution in [2.45, 2.75) is 17.6 Å². The van der Waals surface area contributed by atoms with Gasteiger partial charge in [-0.25, -0.2) is 9.78 Å². The number of thioether (sulfide) groups is 1. The van der Waals surface area contributed by atoms with Crippen molar-refractivity contribution in [1.29, 1.82) is 0 Å². The number of para-hydroxylation sites is 1. The second kappa shape index (κ2) is 9.86. The van der Waals surface area contributed by atoms with Crippen molar-refractivity contribution >= 4 is 56.6 Å². The molecule has 1 N–H and O–H groups in total. The molecule has 2 aromatic carbocycles. The number of aromatic nitrogens is 1. The quantitative estimate of drug-likeness (QED) is 0.370. The Morgan fingerprint density at radius 2 is 1.93 bits per heavy atom. The van der Waals surface area contributed by atoms with Crippen LogP contribution in [0.15, 0.2) is 63.3 Å². The van der Waals surface area contributed by atoms with E-state index < -0.39 is 11.9 Å². The Morgan fingerprint density at radius 3 is 2.68 bits per heavy atom. The molecule has 1 heterocycles. The van der Waals surface area contributed by atoms with Gasteiger partial charge in [-0.15, -0.1) is 23.1 Å². The first-order chi connectivity index (χ1) is 13.5. The molecule has 28 heavy (non-hydrogen) atoms. The number of nitrogens with one attached hydrogen (secondary N) is 1. The third-order valence-electron chi connectivity index (χ3n) is 3.63. The Morgan fingerprint density at radius 1 is 1.18 bits per heavy atom. The molecule has 0 aliphatic carbocycles. The number of rotatable bonds is 7. The minimum Gasteiger partial charge on any atom is -0.452 e. The standard InChI is InChI=1S/C20H17BrN2O3S2/c1-13-22-14(11-27-13)12-28-18-9-5-2-6-15(18)20(25)26-10-19(24)23-17-8-4-3-7-16(17)21/h2-9,11H,10,12H2,1H3,(H,23,24). The SMILES string of the molecule is Cc1nc(CSc2ccccc2C(=O)OCC(=O)Nc2ccccc2Br)cs1. The molecule has 0 unspecified atom stereocenters. The number of ether oxygens (including phenoxy) is 1. The average molecular weight is 477 g/mol. The Labute approximate surface area is 179 Å². The number of amides is 1. The molecule has 0 saturated carbocycles. The van der Waals surface area contributed by atoms with E-state index in [2.05, 4.69) is 26.2 Å². The third-order valence-corrected chi connectivity index (χ3v) is 6.25. The number of hydrogen-bond acceptors (Lipinski definition) is 6. The van der Waals surface area contributed by atoms with Gasteiger partial charge in [-0.3, -0.25) is 4.79 Å². The first-order valence-electron chi connectivity index (χ1n) is 8.37. The molecule has 0 aliphatic heterocycles. The van der Waals surface area contributed by atoms with Crippen LogP contribution in [0.4, 0.5) is 5.69 Å². The molecule has 144 valence electrons. The minimum absolute atomic E-state index is 0.357. The molecule has 0 radical (unpaired) electrons. The van der Waals surface area contributed by atoms with Crippen LogP contribution in [0.5, 0.6) is 0 Å². The average Bonchev–Trinajstić information content (AvgIpc) is 3.12. The lowest BCUT2D eigenvalue weighted by Gasteiger charge is -2.10. The molecular formula is C20H17BrN2O3S2. The van der Waals surface area contributed by atoms with Crippen LogP contribution in [-0.2, 0) is 15.3 Å². The van der Waals surface area contributed by atoms with Gasteiger partial charge in [0.15, 0.2) is 6.61 Å². The lowest BCUT2D eigenvalue weighted by molar-refractivity contribution is -0.119. The zero-order valence-corrected chi connectivity index (χ0v) is 18.2. The zero-order chi connectivity index (χ0) is 19.9. The van der Waals surface area contributed by atoms with E-state index in [9.17, 15) is 9.59 Å². The summed E-state index contributed by atoms with van der Waals surface area (Å²) in [7, 11) is 0. The van der Waals surface area contributed by atoms with E-state index in [0.29, 0.717) is 17.0 Å². The molecular weight excluding hydrogens is 460 g/mol. The maximum absolute atomic E-state index is 12.5. The predicted molar refractivity (Wildman–Crippen MR) is 116 cm³/mol. The minimum atomic E-state index is -0.528. The lowest BCUT2D eigenvalue weighted by Crippen LogP contribution is -2.21. The molecule has 0 bridgehead atoms. The lowest BCUT2D eigenvalue weighted by atomic mass is 10.2. The van der Waals surface area contributed by atoms with Gasteiger partial charge in [-0.2, -0.15) is 0 Å². The first kappa shape index (κ1) is 20.6. The number of hydrogen-bond donors (Lipinski definition) is 1. The molecule has 1 amide bonds. The van der Waals surface area contributed by atoms with Crippen LogP contribution in [0.25, 0.3) is 0 Å². The molecule has 8 heteroatoms. The van der Waals surface area contributed by atoms with E-state index >= 15 is 0 Å². The molecule has 0 aliphatic rings.